The summed E-state index contributed by atoms with van der Waals surface area (Å²) in [4.78, 5) is 10.5. The second-order valence-electron chi connectivity index (χ2n) is 3.14. The van der Waals surface area contributed by atoms with Gasteiger partial charge in [0.25, 0.3) is 0 Å². The van der Waals surface area contributed by atoms with Crippen molar-refractivity contribution in [1.29, 1.82) is 0 Å². The Morgan fingerprint density at radius 3 is 2.79 bits per heavy atom. The fourth-order valence-corrected chi connectivity index (χ4v) is 1.24. The van der Waals surface area contributed by atoms with Crippen LogP contribution >= 0.6 is 0 Å². The highest BCUT2D eigenvalue weighted by atomic mass is 16.5. The highest BCUT2D eigenvalue weighted by Crippen LogP contribution is 2.13. The first-order valence-corrected chi connectivity index (χ1v) is 4.48. The number of benzene rings is 1. The van der Waals surface area contributed by atoms with Gasteiger partial charge in [-0.25, -0.2) is 0 Å². The molecular weight excluding hydrogens is 176 g/mol. The average molecular weight is 190 g/mol. The quantitative estimate of drug-likeness (QED) is 0.538. The third kappa shape index (κ3) is 2.82. The average Bonchev–Trinajstić information content (AvgIpc) is 2.21. The topological polar surface area (TPSA) is 26.3 Å². The molecule has 0 saturated heterocycles. The van der Waals surface area contributed by atoms with Crippen molar-refractivity contribution < 1.29 is 9.53 Å². The number of aldehydes is 1. The molecule has 0 aromatic heterocycles. The minimum atomic E-state index is 0.568. The molecule has 0 radical (unpaired) electrons. The Labute approximate surface area is 84.2 Å². The number of allylic oxidation sites excluding steroid dienone is 1. The number of carbonyl (C=O) groups excluding carboxylic acids is 1. The van der Waals surface area contributed by atoms with Crippen LogP contribution < -0.4 is 0 Å². The van der Waals surface area contributed by atoms with Gasteiger partial charge in [-0.3, -0.25) is 4.79 Å². The SMILES string of the molecule is COCc1ccccc1/C=C(/C)C=O. The maximum atomic E-state index is 10.5. The molecule has 0 unspecified atom stereocenters. The van der Waals surface area contributed by atoms with E-state index in [-0.39, 0.29) is 0 Å². The molecule has 0 bridgehead atoms. The molecule has 2 nitrogen and oxygen atoms in total. The fraction of sp³-hybridized carbons (Fsp3) is 0.250. The molecule has 1 aromatic carbocycles. The highest BCUT2D eigenvalue weighted by molar-refractivity contribution is 5.81. The van der Waals surface area contributed by atoms with E-state index in [2.05, 4.69) is 0 Å². The lowest BCUT2D eigenvalue weighted by Crippen LogP contribution is -1.91. The van der Waals surface area contributed by atoms with Crippen LogP contribution in [0.25, 0.3) is 6.08 Å². The Bertz CT molecular complexity index is 340. The zero-order chi connectivity index (χ0) is 10.4. The molecule has 74 valence electrons. The van der Waals surface area contributed by atoms with Crippen molar-refractivity contribution in [1.82, 2.24) is 0 Å². The molecule has 0 aliphatic heterocycles. The van der Waals surface area contributed by atoms with Crippen molar-refractivity contribution in [2.24, 2.45) is 0 Å². The summed E-state index contributed by atoms with van der Waals surface area (Å²) in [6.45, 7) is 2.36. The van der Waals surface area contributed by atoms with Crippen LogP contribution in [-0.4, -0.2) is 13.4 Å². The van der Waals surface area contributed by atoms with Gasteiger partial charge < -0.3 is 4.74 Å². The zero-order valence-electron chi connectivity index (χ0n) is 8.49. The van der Waals surface area contributed by atoms with E-state index in [0.29, 0.717) is 12.2 Å². The molecular formula is C12H14O2. The molecule has 2 heteroatoms. The minimum Gasteiger partial charge on any atom is -0.380 e. The van der Waals surface area contributed by atoms with Gasteiger partial charge in [-0.2, -0.15) is 0 Å². The predicted octanol–water partition coefficient (Wildman–Crippen LogP) is 2.44. The Hall–Kier alpha value is -1.41. The molecule has 0 atom stereocenters. The molecule has 0 spiro atoms. The highest BCUT2D eigenvalue weighted by Gasteiger charge is 1.98. The lowest BCUT2D eigenvalue weighted by Gasteiger charge is -2.04. The first-order chi connectivity index (χ1) is 6.77. The summed E-state index contributed by atoms with van der Waals surface area (Å²) in [6, 6.07) is 7.87. The van der Waals surface area contributed by atoms with E-state index >= 15 is 0 Å². The summed E-state index contributed by atoms with van der Waals surface area (Å²) < 4.78 is 5.07. The summed E-state index contributed by atoms with van der Waals surface area (Å²) in [5, 5.41) is 0. The minimum absolute atomic E-state index is 0.568. The van der Waals surface area contributed by atoms with Gasteiger partial charge >= 0.3 is 0 Å². The third-order valence-corrected chi connectivity index (χ3v) is 1.92. The van der Waals surface area contributed by atoms with Gasteiger partial charge in [-0.15, -0.1) is 0 Å². The van der Waals surface area contributed by atoms with Crippen molar-refractivity contribution in [3.63, 3.8) is 0 Å². The van der Waals surface area contributed by atoms with E-state index in [9.17, 15) is 4.79 Å². The summed E-state index contributed by atoms with van der Waals surface area (Å²) in [5.41, 5.74) is 2.85. The first kappa shape index (κ1) is 10.7. The predicted molar refractivity (Wildman–Crippen MR) is 56.9 cm³/mol. The second-order valence-corrected chi connectivity index (χ2v) is 3.14. The van der Waals surface area contributed by atoms with Crippen LogP contribution in [0.15, 0.2) is 29.8 Å². The molecule has 0 amide bonds. The lowest BCUT2D eigenvalue weighted by molar-refractivity contribution is -0.104. The van der Waals surface area contributed by atoms with Crippen LogP contribution in [-0.2, 0) is 16.1 Å². The van der Waals surface area contributed by atoms with Gasteiger partial charge in [-0.05, 0) is 29.7 Å². The lowest BCUT2D eigenvalue weighted by atomic mass is 10.1. The van der Waals surface area contributed by atoms with Gasteiger partial charge in [0.1, 0.15) is 6.29 Å². The van der Waals surface area contributed by atoms with Crippen molar-refractivity contribution in [3.05, 3.63) is 41.0 Å². The molecule has 0 aliphatic carbocycles. The van der Waals surface area contributed by atoms with E-state index in [1.165, 1.54) is 0 Å². The molecule has 1 aromatic rings. The number of ether oxygens (including phenoxy) is 1. The molecule has 0 heterocycles. The number of hydrogen-bond donors (Lipinski definition) is 0. The molecule has 0 aliphatic rings. The van der Waals surface area contributed by atoms with E-state index in [1.54, 1.807) is 14.0 Å². The van der Waals surface area contributed by atoms with Crippen LogP contribution in [0.4, 0.5) is 0 Å². The number of rotatable bonds is 4. The van der Waals surface area contributed by atoms with Crippen LogP contribution in [0.3, 0.4) is 0 Å². The fourth-order valence-electron chi connectivity index (χ4n) is 1.24. The van der Waals surface area contributed by atoms with Crippen LogP contribution in [0.5, 0.6) is 0 Å². The van der Waals surface area contributed by atoms with E-state index in [4.69, 9.17) is 4.74 Å². The van der Waals surface area contributed by atoms with Crippen molar-refractivity contribution in [2.45, 2.75) is 13.5 Å². The van der Waals surface area contributed by atoms with Crippen LogP contribution in [0.1, 0.15) is 18.1 Å². The zero-order valence-corrected chi connectivity index (χ0v) is 8.49. The molecule has 0 fully saturated rings. The van der Waals surface area contributed by atoms with E-state index in [1.807, 2.05) is 30.3 Å². The van der Waals surface area contributed by atoms with Crippen molar-refractivity contribution in [2.75, 3.05) is 7.11 Å². The van der Waals surface area contributed by atoms with Crippen LogP contribution in [0.2, 0.25) is 0 Å². The van der Waals surface area contributed by atoms with Crippen molar-refractivity contribution >= 4 is 12.4 Å². The Kier molecular flexibility index (Phi) is 4.08. The van der Waals surface area contributed by atoms with Crippen molar-refractivity contribution in [3.8, 4) is 0 Å². The van der Waals surface area contributed by atoms with Gasteiger partial charge in [-0.1, -0.05) is 24.3 Å². The molecule has 0 N–H and O–H groups in total. The summed E-state index contributed by atoms with van der Waals surface area (Å²) in [7, 11) is 1.66. The number of methoxy groups -OCH3 is 1. The normalized spacial score (nSPS) is 11.4. The first-order valence-electron chi connectivity index (χ1n) is 4.48. The molecule has 14 heavy (non-hydrogen) atoms. The summed E-state index contributed by atoms with van der Waals surface area (Å²) in [6.07, 6.45) is 2.71. The number of hydrogen-bond acceptors (Lipinski definition) is 2. The summed E-state index contributed by atoms with van der Waals surface area (Å²) >= 11 is 0. The van der Waals surface area contributed by atoms with Gasteiger partial charge in [0.15, 0.2) is 0 Å². The largest absolute Gasteiger partial charge is 0.380 e. The Morgan fingerprint density at radius 2 is 2.14 bits per heavy atom. The van der Waals surface area contributed by atoms with E-state index in [0.717, 1.165) is 17.4 Å². The maximum absolute atomic E-state index is 10.5. The van der Waals surface area contributed by atoms with Gasteiger partial charge in [0, 0.05) is 7.11 Å². The maximum Gasteiger partial charge on any atom is 0.145 e. The van der Waals surface area contributed by atoms with Gasteiger partial charge in [0.05, 0.1) is 6.61 Å². The molecule has 1 rings (SSSR count). The molecule has 0 saturated carbocycles. The third-order valence-electron chi connectivity index (χ3n) is 1.92. The Balaban J connectivity index is 3.00. The Morgan fingerprint density at radius 1 is 1.43 bits per heavy atom. The number of carbonyl (C=O) groups is 1. The summed E-state index contributed by atoms with van der Waals surface area (Å²) in [5.74, 6) is 0. The monoisotopic (exact) mass is 190 g/mol. The van der Waals surface area contributed by atoms with Gasteiger partial charge in [0.2, 0.25) is 0 Å². The smallest absolute Gasteiger partial charge is 0.145 e. The standard InChI is InChI=1S/C12H14O2/c1-10(8-13)7-11-5-3-4-6-12(11)9-14-2/h3-8H,9H2,1-2H3/b10-7-. The van der Waals surface area contributed by atoms with E-state index < -0.39 is 0 Å². The second kappa shape index (κ2) is 5.35. The van der Waals surface area contributed by atoms with Crippen LogP contribution in [0, 0.1) is 0 Å².